The van der Waals surface area contributed by atoms with Gasteiger partial charge in [-0.15, -0.1) is 0 Å². The predicted octanol–water partition coefficient (Wildman–Crippen LogP) is 6.23. The van der Waals surface area contributed by atoms with Crippen LogP contribution < -0.4 is 10.3 Å². The molecular weight excluding hydrogens is 511 g/mol. The van der Waals surface area contributed by atoms with Gasteiger partial charge >= 0.3 is 5.69 Å². The van der Waals surface area contributed by atoms with Crippen LogP contribution in [0.5, 0.6) is 5.75 Å². The Morgan fingerprint density at radius 1 is 1.03 bits per heavy atom. The van der Waals surface area contributed by atoms with Crippen molar-refractivity contribution < 1.29 is 14.1 Å². The van der Waals surface area contributed by atoms with Gasteiger partial charge in [0, 0.05) is 27.8 Å². The number of fused-ring (bicyclic) bond motifs is 1. The molecule has 5 rings (SSSR count). The molecule has 0 unspecified atom stereocenters. The van der Waals surface area contributed by atoms with E-state index < -0.39 is 22.0 Å². The van der Waals surface area contributed by atoms with E-state index in [4.69, 9.17) is 16.3 Å². The van der Waals surface area contributed by atoms with Gasteiger partial charge in [-0.25, -0.2) is 9.37 Å². The van der Waals surface area contributed by atoms with E-state index >= 15 is 0 Å². The minimum absolute atomic E-state index is 0.0589. The van der Waals surface area contributed by atoms with E-state index in [9.17, 15) is 19.3 Å². The van der Waals surface area contributed by atoms with Crippen LogP contribution in [0.2, 0.25) is 5.02 Å². The maximum Gasteiger partial charge on any atom is 0.313 e. The Balaban J connectivity index is 1.65. The molecule has 0 atom stereocenters. The lowest BCUT2D eigenvalue weighted by Crippen LogP contribution is -2.20. The van der Waals surface area contributed by atoms with Gasteiger partial charge in [0.1, 0.15) is 12.4 Å². The van der Waals surface area contributed by atoms with Gasteiger partial charge in [0.2, 0.25) is 5.75 Å². The Hall–Kier alpha value is -4.89. The van der Waals surface area contributed by atoms with Gasteiger partial charge in [0.25, 0.3) is 5.56 Å². The summed E-state index contributed by atoms with van der Waals surface area (Å²) in [4.78, 5) is 29.2. The number of benzene rings is 4. The van der Waals surface area contributed by atoms with Crippen molar-refractivity contribution in [2.75, 3.05) is 0 Å². The largest absolute Gasteiger partial charge is 0.481 e. The molecule has 0 aliphatic rings. The van der Waals surface area contributed by atoms with Gasteiger partial charge in [0.05, 0.1) is 22.0 Å². The number of nitro benzene ring substituents is 1. The summed E-state index contributed by atoms with van der Waals surface area (Å²) in [6.45, 7) is -0.275. The molecule has 0 fully saturated rings. The smallest absolute Gasteiger partial charge is 0.313 e. The van der Waals surface area contributed by atoms with Crippen LogP contribution in [0.25, 0.3) is 22.3 Å². The first-order valence-electron chi connectivity index (χ1n) is 11.4. The number of halogens is 2. The van der Waals surface area contributed by atoms with Crippen molar-refractivity contribution in [1.82, 2.24) is 9.66 Å². The summed E-state index contributed by atoms with van der Waals surface area (Å²) in [5.41, 5.74) is 0.606. The number of nitrogens with zero attached hydrogens (tertiary/aromatic N) is 4. The van der Waals surface area contributed by atoms with E-state index in [1.165, 1.54) is 30.5 Å². The Bertz CT molecular complexity index is 1760. The third-order valence-corrected chi connectivity index (χ3v) is 5.91. The molecule has 188 valence electrons. The molecule has 5 aromatic rings. The maximum atomic E-state index is 14.2. The van der Waals surface area contributed by atoms with Crippen molar-refractivity contribution in [3.8, 4) is 17.1 Å². The average molecular weight is 529 g/mol. The summed E-state index contributed by atoms with van der Waals surface area (Å²) in [5, 5.41) is 16.6. The van der Waals surface area contributed by atoms with Gasteiger partial charge in [-0.3, -0.25) is 14.9 Å². The van der Waals surface area contributed by atoms with Crippen LogP contribution >= 0.6 is 11.6 Å². The van der Waals surface area contributed by atoms with Crippen molar-refractivity contribution in [2.24, 2.45) is 5.10 Å². The highest BCUT2D eigenvalue weighted by molar-refractivity contribution is 6.31. The fourth-order valence-electron chi connectivity index (χ4n) is 3.88. The zero-order chi connectivity index (χ0) is 26.6. The Kier molecular flexibility index (Phi) is 6.92. The van der Waals surface area contributed by atoms with E-state index in [1.54, 1.807) is 54.6 Å². The number of hydrogen-bond donors (Lipinski definition) is 0. The first kappa shape index (κ1) is 24.8. The van der Waals surface area contributed by atoms with Gasteiger partial charge in [-0.1, -0.05) is 72.3 Å². The van der Waals surface area contributed by atoms with Crippen molar-refractivity contribution in [3.63, 3.8) is 0 Å². The fraction of sp³-hybridized carbons (Fsp3) is 0.0357. The number of para-hydroxylation sites is 1. The molecule has 0 N–H and O–H groups in total. The number of rotatable bonds is 7. The van der Waals surface area contributed by atoms with Gasteiger partial charge in [-0.05, 0) is 24.3 Å². The second kappa shape index (κ2) is 10.6. The van der Waals surface area contributed by atoms with Crippen LogP contribution in [0.3, 0.4) is 0 Å². The summed E-state index contributed by atoms with van der Waals surface area (Å²) in [6.07, 6.45) is 1.24. The molecule has 0 amide bonds. The highest BCUT2D eigenvalue weighted by Gasteiger charge is 2.21. The highest BCUT2D eigenvalue weighted by Crippen LogP contribution is 2.34. The fourth-order valence-corrected chi connectivity index (χ4v) is 4.10. The summed E-state index contributed by atoms with van der Waals surface area (Å²) in [6, 6.07) is 24.4. The number of aromatic nitrogens is 2. The highest BCUT2D eigenvalue weighted by atomic mass is 35.5. The number of nitro groups is 1. The third kappa shape index (κ3) is 5.00. The molecule has 1 aromatic heterocycles. The Morgan fingerprint density at radius 2 is 1.74 bits per heavy atom. The summed E-state index contributed by atoms with van der Waals surface area (Å²) in [5.74, 6) is -0.411. The first-order chi connectivity index (χ1) is 18.4. The lowest BCUT2D eigenvalue weighted by molar-refractivity contribution is -0.385. The molecule has 0 saturated heterocycles. The van der Waals surface area contributed by atoms with Crippen LogP contribution in [0.1, 0.15) is 11.1 Å². The molecule has 0 aliphatic carbocycles. The second-order valence-corrected chi connectivity index (χ2v) is 8.60. The van der Waals surface area contributed by atoms with Crippen molar-refractivity contribution in [3.05, 3.63) is 133 Å². The molecule has 10 heteroatoms. The molecule has 0 bridgehead atoms. The third-order valence-electron chi connectivity index (χ3n) is 5.69. The zero-order valence-electron chi connectivity index (χ0n) is 19.6. The second-order valence-electron chi connectivity index (χ2n) is 8.16. The summed E-state index contributed by atoms with van der Waals surface area (Å²) >= 11 is 6.16. The molecule has 0 radical (unpaired) electrons. The average Bonchev–Trinajstić information content (AvgIpc) is 2.92. The quantitative estimate of drug-likeness (QED) is 0.142. The molecule has 8 nitrogen and oxygen atoms in total. The van der Waals surface area contributed by atoms with Gasteiger partial charge < -0.3 is 4.74 Å². The first-order valence-corrected chi connectivity index (χ1v) is 11.8. The molecule has 38 heavy (non-hydrogen) atoms. The van der Waals surface area contributed by atoms with Crippen LogP contribution in [0, 0.1) is 15.9 Å². The molecule has 0 aliphatic heterocycles. The molecule has 0 saturated carbocycles. The van der Waals surface area contributed by atoms with Crippen molar-refractivity contribution in [1.29, 1.82) is 0 Å². The van der Waals surface area contributed by atoms with Crippen LogP contribution in [0.4, 0.5) is 10.1 Å². The monoisotopic (exact) mass is 528 g/mol. The summed E-state index contributed by atoms with van der Waals surface area (Å²) in [7, 11) is 0. The SMILES string of the molecule is O=c1c2ccccc2nc(-c2ccccc2)n1N=Cc1cc(Cl)cc([N+](=O)[O-])c1OCc1ccccc1F. The van der Waals surface area contributed by atoms with Crippen molar-refractivity contribution >= 4 is 34.4 Å². The number of ether oxygens (including phenoxy) is 1. The Labute approximate surface area is 220 Å². The number of hydrogen-bond acceptors (Lipinski definition) is 6. The maximum absolute atomic E-state index is 14.2. The van der Waals surface area contributed by atoms with E-state index in [2.05, 4.69) is 10.1 Å². The molecule has 4 aromatic carbocycles. The normalized spacial score (nSPS) is 11.2. The van der Waals surface area contributed by atoms with Crippen LogP contribution in [-0.2, 0) is 6.61 Å². The minimum Gasteiger partial charge on any atom is -0.481 e. The zero-order valence-corrected chi connectivity index (χ0v) is 20.4. The standard InChI is InChI=1S/C28H18ClFN4O4/c29-21-14-20(26(25(15-21)34(36)37)38-17-19-10-4-6-12-23(19)30)16-31-33-27(18-8-2-1-3-9-18)32-24-13-7-5-11-22(24)28(33)35/h1-16H,17H2. The lowest BCUT2D eigenvalue weighted by atomic mass is 10.1. The molecular formula is C28H18ClFN4O4. The van der Waals surface area contributed by atoms with E-state index in [1.807, 2.05) is 6.07 Å². The summed E-state index contributed by atoms with van der Waals surface area (Å²) < 4.78 is 21.0. The molecule has 1 heterocycles. The predicted molar refractivity (Wildman–Crippen MR) is 143 cm³/mol. The topological polar surface area (TPSA) is 99.6 Å². The Morgan fingerprint density at radius 3 is 2.50 bits per heavy atom. The van der Waals surface area contributed by atoms with Crippen molar-refractivity contribution in [2.45, 2.75) is 6.61 Å². The van der Waals surface area contributed by atoms with Gasteiger partial charge in [-0.2, -0.15) is 9.78 Å². The van der Waals surface area contributed by atoms with E-state index in [0.717, 1.165) is 10.7 Å². The minimum atomic E-state index is -0.654. The van der Waals surface area contributed by atoms with Crippen LogP contribution in [-0.4, -0.2) is 20.8 Å². The van der Waals surface area contributed by atoms with E-state index in [-0.39, 0.29) is 34.3 Å². The van der Waals surface area contributed by atoms with Crippen LogP contribution in [0.15, 0.2) is 101 Å². The van der Waals surface area contributed by atoms with Gasteiger partial charge in [0.15, 0.2) is 5.82 Å². The lowest BCUT2D eigenvalue weighted by Gasteiger charge is -2.12. The molecule has 0 spiro atoms. The van der Waals surface area contributed by atoms with E-state index in [0.29, 0.717) is 16.5 Å².